The van der Waals surface area contributed by atoms with E-state index in [1.165, 1.54) is 12.8 Å². The molecule has 1 saturated carbocycles. The average Bonchev–Trinajstić information content (AvgIpc) is 2.34. The van der Waals surface area contributed by atoms with Gasteiger partial charge in [-0.25, -0.2) is 0 Å². The van der Waals surface area contributed by atoms with Crippen molar-refractivity contribution in [1.29, 1.82) is 0 Å². The van der Waals surface area contributed by atoms with Crippen LogP contribution in [0.15, 0.2) is 0 Å². The van der Waals surface area contributed by atoms with E-state index in [4.69, 9.17) is 21.1 Å². The van der Waals surface area contributed by atoms with Gasteiger partial charge < -0.3 is 9.47 Å². The highest BCUT2D eigenvalue weighted by Gasteiger charge is 2.34. The van der Waals surface area contributed by atoms with Crippen LogP contribution in [-0.4, -0.2) is 32.3 Å². The predicted octanol–water partition coefficient (Wildman–Crippen LogP) is 4.50. The van der Waals surface area contributed by atoms with Crippen LogP contribution in [0.4, 0.5) is 0 Å². The molecule has 0 radical (unpaired) electrons. The maximum absolute atomic E-state index is 6.49. The molecule has 3 atom stereocenters. The first-order valence-corrected chi connectivity index (χ1v) is 8.09. The van der Waals surface area contributed by atoms with Gasteiger partial charge >= 0.3 is 0 Å². The second kappa shape index (κ2) is 8.49. The lowest BCUT2D eigenvalue weighted by atomic mass is 9.68. The number of hydrogen-bond acceptors (Lipinski definition) is 2. The molecule has 0 spiro atoms. The molecule has 0 aromatic heterocycles. The molecule has 0 aromatic carbocycles. The molecular weight excluding hydrogens is 260 g/mol. The minimum Gasteiger partial charge on any atom is -0.385 e. The molecule has 0 N–H and O–H groups in total. The van der Waals surface area contributed by atoms with E-state index in [1.54, 1.807) is 7.11 Å². The van der Waals surface area contributed by atoms with E-state index in [9.17, 15) is 0 Å². The molecule has 0 heterocycles. The Hall–Kier alpha value is 0.210. The van der Waals surface area contributed by atoms with Crippen LogP contribution < -0.4 is 0 Å². The minimum absolute atomic E-state index is 0.348. The fourth-order valence-electron chi connectivity index (χ4n) is 2.95. The highest BCUT2D eigenvalue weighted by molar-refractivity contribution is 6.20. The van der Waals surface area contributed by atoms with Gasteiger partial charge in [0.2, 0.25) is 0 Å². The monoisotopic (exact) mass is 290 g/mol. The second-order valence-corrected chi connectivity index (χ2v) is 7.46. The summed E-state index contributed by atoms with van der Waals surface area (Å²) in [6.45, 7) is 9.48. The molecule has 2 nitrogen and oxygen atoms in total. The number of alkyl halides is 1. The summed E-state index contributed by atoms with van der Waals surface area (Å²) in [4.78, 5) is 0. The van der Waals surface area contributed by atoms with Crippen molar-refractivity contribution in [3.8, 4) is 0 Å². The summed E-state index contributed by atoms with van der Waals surface area (Å²) in [6, 6.07) is 0. The molecule has 0 saturated heterocycles. The van der Waals surface area contributed by atoms with Crippen LogP contribution in [0.5, 0.6) is 0 Å². The number of rotatable bonds is 7. The first-order valence-electron chi connectivity index (χ1n) is 7.66. The van der Waals surface area contributed by atoms with Crippen molar-refractivity contribution < 1.29 is 9.47 Å². The van der Waals surface area contributed by atoms with Crippen LogP contribution in [0.3, 0.4) is 0 Å². The summed E-state index contributed by atoms with van der Waals surface area (Å²) >= 11 is 6.49. The first-order chi connectivity index (χ1) is 8.95. The number of hydrogen-bond donors (Lipinski definition) is 0. The Kier molecular flexibility index (Phi) is 7.71. The molecule has 0 amide bonds. The first kappa shape index (κ1) is 17.3. The molecule has 114 valence electrons. The zero-order valence-corrected chi connectivity index (χ0v) is 13.8. The Morgan fingerprint density at radius 3 is 2.47 bits per heavy atom. The van der Waals surface area contributed by atoms with Gasteiger partial charge in [0.15, 0.2) is 0 Å². The third-order valence-electron chi connectivity index (χ3n) is 4.38. The van der Waals surface area contributed by atoms with Crippen LogP contribution in [-0.2, 0) is 9.47 Å². The normalized spacial score (nSPS) is 28.6. The fourth-order valence-corrected chi connectivity index (χ4v) is 3.31. The zero-order chi connectivity index (χ0) is 14.3. The van der Waals surface area contributed by atoms with Gasteiger partial charge in [0.25, 0.3) is 0 Å². The molecular formula is C16H31ClO2. The lowest BCUT2D eigenvalue weighted by Gasteiger charge is -2.40. The van der Waals surface area contributed by atoms with E-state index >= 15 is 0 Å². The van der Waals surface area contributed by atoms with Gasteiger partial charge in [-0.2, -0.15) is 0 Å². The molecule has 1 fully saturated rings. The maximum Gasteiger partial charge on any atom is 0.0487 e. The zero-order valence-electron chi connectivity index (χ0n) is 13.1. The van der Waals surface area contributed by atoms with E-state index in [0.717, 1.165) is 45.0 Å². The van der Waals surface area contributed by atoms with Crippen LogP contribution in [0.1, 0.15) is 52.9 Å². The lowest BCUT2D eigenvalue weighted by molar-refractivity contribution is 0.0770. The molecule has 3 heteroatoms. The van der Waals surface area contributed by atoms with E-state index in [-0.39, 0.29) is 0 Å². The Balaban J connectivity index is 2.23. The van der Waals surface area contributed by atoms with Crippen molar-refractivity contribution in [2.24, 2.45) is 17.3 Å². The predicted molar refractivity (Wildman–Crippen MR) is 81.9 cm³/mol. The standard InChI is InChI=1S/C16H31ClO2/c1-16(2,3)14-6-7-15(17)13(12-14)8-11-19-10-5-9-18-4/h13-15H,5-12H2,1-4H3. The molecule has 0 bridgehead atoms. The van der Waals surface area contributed by atoms with Crippen molar-refractivity contribution in [1.82, 2.24) is 0 Å². The van der Waals surface area contributed by atoms with Crippen LogP contribution in [0.25, 0.3) is 0 Å². The van der Waals surface area contributed by atoms with Gasteiger partial charge in [-0.15, -0.1) is 11.6 Å². The Morgan fingerprint density at radius 1 is 1.11 bits per heavy atom. The largest absolute Gasteiger partial charge is 0.385 e. The highest BCUT2D eigenvalue weighted by atomic mass is 35.5. The van der Waals surface area contributed by atoms with E-state index in [2.05, 4.69) is 20.8 Å². The summed E-state index contributed by atoms with van der Waals surface area (Å²) in [5.74, 6) is 1.43. The van der Waals surface area contributed by atoms with Crippen molar-refractivity contribution in [2.75, 3.05) is 26.9 Å². The summed E-state index contributed by atoms with van der Waals surface area (Å²) in [5, 5.41) is 0.348. The summed E-state index contributed by atoms with van der Waals surface area (Å²) in [5.41, 5.74) is 0.411. The summed E-state index contributed by atoms with van der Waals surface area (Å²) < 4.78 is 10.7. The average molecular weight is 291 g/mol. The van der Waals surface area contributed by atoms with Crippen molar-refractivity contribution in [3.05, 3.63) is 0 Å². The molecule has 0 aromatic rings. The lowest BCUT2D eigenvalue weighted by Crippen LogP contribution is -2.33. The van der Waals surface area contributed by atoms with Crippen LogP contribution in [0, 0.1) is 17.3 Å². The van der Waals surface area contributed by atoms with Gasteiger partial charge in [0.1, 0.15) is 0 Å². The number of methoxy groups -OCH3 is 1. The van der Waals surface area contributed by atoms with E-state index in [1.807, 2.05) is 0 Å². The summed E-state index contributed by atoms with van der Waals surface area (Å²) in [7, 11) is 1.73. The third-order valence-corrected chi connectivity index (χ3v) is 4.96. The number of halogens is 1. The number of ether oxygens (including phenoxy) is 2. The van der Waals surface area contributed by atoms with Gasteiger partial charge in [0, 0.05) is 32.3 Å². The molecule has 1 rings (SSSR count). The maximum atomic E-state index is 6.49. The Labute approximate surface area is 124 Å². The molecule has 1 aliphatic rings. The summed E-state index contributed by atoms with van der Waals surface area (Å²) in [6.07, 6.45) is 5.80. The van der Waals surface area contributed by atoms with Crippen molar-refractivity contribution in [3.63, 3.8) is 0 Å². The van der Waals surface area contributed by atoms with Crippen molar-refractivity contribution >= 4 is 11.6 Å². The Bertz CT molecular complexity index is 237. The quantitative estimate of drug-likeness (QED) is 0.508. The molecule has 0 aliphatic heterocycles. The van der Waals surface area contributed by atoms with Crippen LogP contribution >= 0.6 is 11.6 Å². The Morgan fingerprint density at radius 2 is 1.84 bits per heavy atom. The highest BCUT2D eigenvalue weighted by Crippen LogP contribution is 2.42. The smallest absolute Gasteiger partial charge is 0.0487 e. The van der Waals surface area contributed by atoms with Gasteiger partial charge in [-0.1, -0.05) is 20.8 Å². The molecule has 3 unspecified atom stereocenters. The molecule has 19 heavy (non-hydrogen) atoms. The van der Waals surface area contributed by atoms with Gasteiger partial charge in [-0.3, -0.25) is 0 Å². The molecule has 1 aliphatic carbocycles. The van der Waals surface area contributed by atoms with Gasteiger partial charge in [0.05, 0.1) is 0 Å². The second-order valence-electron chi connectivity index (χ2n) is 6.90. The van der Waals surface area contributed by atoms with E-state index in [0.29, 0.717) is 16.7 Å². The minimum atomic E-state index is 0.348. The van der Waals surface area contributed by atoms with Crippen molar-refractivity contribution in [2.45, 2.75) is 58.3 Å². The van der Waals surface area contributed by atoms with Gasteiger partial charge in [-0.05, 0) is 49.4 Å². The topological polar surface area (TPSA) is 18.5 Å². The SMILES string of the molecule is COCCCOCCC1CC(C(C)(C)C)CCC1Cl. The van der Waals surface area contributed by atoms with Crippen LogP contribution in [0.2, 0.25) is 0 Å². The third kappa shape index (κ3) is 6.46. The fraction of sp³-hybridized carbons (Fsp3) is 1.00. The van der Waals surface area contributed by atoms with E-state index < -0.39 is 0 Å².